The molecule has 0 fully saturated rings. The van der Waals surface area contributed by atoms with E-state index in [0.717, 1.165) is 55.2 Å². The zero-order chi connectivity index (χ0) is 19.9. The van der Waals surface area contributed by atoms with Crippen molar-refractivity contribution in [1.29, 1.82) is 0 Å². The van der Waals surface area contributed by atoms with Crippen molar-refractivity contribution in [3.8, 4) is 21.9 Å². The Morgan fingerprint density at radius 2 is 1.46 bits per heavy atom. The van der Waals surface area contributed by atoms with E-state index >= 15 is 0 Å². The van der Waals surface area contributed by atoms with E-state index in [0.29, 0.717) is 0 Å². The SMILES string of the molecule is O=C(O)CCCCCCCCc1c(-c2ccc(O)cc2)sc2cc(O)ccc12. The van der Waals surface area contributed by atoms with E-state index < -0.39 is 5.97 Å². The molecule has 0 aliphatic rings. The van der Waals surface area contributed by atoms with E-state index in [1.54, 1.807) is 29.5 Å². The molecule has 0 aliphatic carbocycles. The van der Waals surface area contributed by atoms with E-state index in [2.05, 4.69) is 0 Å². The summed E-state index contributed by atoms with van der Waals surface area (Å²) in [4.78, 5) is 11.7. The molecule has 5 heteroatoms. The van der Waals surface area contributed by atoms with Crippen molar-refractivity contribution in [1.82, 2.24) is 0 Å². The van der Waals surface area contributed by atoms with Crippen molar-refractivity contribution < 1.29 is 20.1 Å². The summed E-state index contributed by atoms with van der Waals surface area (Å²) in [5.74, 6) is -0.178. The van der Waals surface area contributed by atoms with Crippen LogP contribution in [-0.4, -0.2) is 21.3 Å². The summed E-state index contributed by atoms with van der Waals surface area (Å²) in [5, 5.41) is 29.3. The molecule has 3 aromatic rings. The van der Waals surface area contributed by atoms with Crippen LogP contribution in [0.2, 0.25) is 0 Å². The number of phenolic OH excluding ortho intramolecular Hbond substituents is 2. The van der Waals surface area contributed by atoms with Crippen molar-refractivity contribution in [3.63, 3.8) is 0 Å². The Labute approximate surface area is 169 Å². The Morgan fingerprint density at radius 1 is 0.821 bits per heavy atom. The molecule has 0 radical (unpaired) electrons. The van der Waals surface area contributed by atoms with Gasteiger partial charge in [0, 0.05) is 16.0 Å². The van der Waals surface area contributed by atoms with Gasteiger partial charge in [-0.3, -0.25) is 4.79 Å². The summed E-state index contributed by atoms with van der Waals surface area (Å²) in [5.41, 5.74) is 2.39. The Morgan fingerprint density at radius 3 is 2.18 bits per heavy atom. The third kappa shape index (κ3) is 5.26. The minimum atomic E-state index is -0.711. The van der Waals surface area contributed by atoms with Crippen molar-refractivity contribution in [2.75, 3.05) is 0 Å². The van der Waals surface area contributed by atoms with E-state index in [4.69, 9.17) is 5.11 Å². The molecular weight excluding hydrogens is 372 g/mol. The van der Waals surface area contributed by atoms with Crippen LogP contribution >= 0.6 is 11.3 Å². The van der Waals surface area contributed by atoms with Crippen LogP contribution in [-0.2, 0) is 11.2 Å². The summed E-state index contributed by atoms with van der Waals surface area (Å²) in [6.45, 7) is 0. The topological polar surface area (TPSA) is 77.8 Å². The van der Waals surface area contributed by atoms with Crippen LogP contribution in [0.25, 0.3) is 20.5 Å². The highest BCUT2D eigenvalue weighted by atomic mass is 32.1. The van der Waals surface area contributed by atoms with Crippen LogP contribution < -0.4 is 0 Å². The first-order valence-corrected chi connectivity index (χ1v) is 10.6. The summed E-state index contributed by atoms with van der Waals surface area (Å²) in [7, 11) is 0. The van der Waals surface area contributed by atoms with Crippen LogP contribution in [0.5, 0.6) is 11.5 Å². The van der Waals surface area contributed by atoms with Crippen molar-refractivity contribution >= 4 is 27.4 Å². The number of fused-ring (bicyclic) bond motifs is 1. The van der Waals surface area contributed by atoms with Gasteiger partial charge in [0.05, 0.1) is 0 Å². The lowest BCUT2D eigenvalue weighted by atomic mass is 9.99. The third-order valence-corrected chi connectivity index (χ3v) is 6.22. The minimum absolute atomic E-state index is 0.256. The number of hydrogen-bond acceptors (Lipinski definition) is 4. The summed E-state index contributed by atoms with van der Waals surface area (Å²) >= 11 is 1.68. The Hall–Kier alpha value is -2.53. The Kier molecular flexibility index (Phi) is 6.93. The second-order valence-corrected chi connectivity index (χ2v) is 8.20. The van der Waals surface area contributed by atoms with Gasteiger partial charge in [-0.15, -0.1) is 11.3 Å². The lowest BCUT2D eigenvalue weighted by Crippen LogP contribution is -1.93. The number of thiophene rings is 1. The monoisotopic (exact) mass is 398 g/mol. The molecule has 0 unspecified atom stereocenters. The molecule has 3 rings (SSSR count). The van der Waals surface area contributed by atoms with Gasteiger partial charge >= 0.3 is 5.97 Å². The highest BCUT2D eigenvalue weighted by Gasteiger charge is 2.14. The zero-order valence-electron chi connectivity index (χ0n) is 15.9. The number of aliphatic carboxylic acids is 1. The van der Waals surface area contributed by atoms with E-state index in [1.165, 1.54) is 15.8 Å². The molecule has 4 nitrogen and oxygen atoms in total. The number of phenols is 2. The minimum Gasteiger partial charge on any atom is -0.508 e. The Bertz CT molecular complexity index is 928. The van der Waals surface area contributed by atoms with Gasteiger partial charge in [-0.1, -0.05) is 25.7 Å². The van der Waals surface area contributed by atoms with Crippen LogP contribution in [0.3, 0.4) is 0 Å². The fourth-order valence-corrected chi connectivity index (χ4v) is 4.81. The van der Waals surface area contributed by atoms with Gasteiger partial charge in [0.2, 0.25) is 0 Å². The number of hydrogen-bond donors (Lipinski definition) is 3. The molecule has 0 amide bonds. The van der Waals surface area contributed by atoms with Crippen LogP contribution in [0.4, 0.5) is 0 Å². The fraction of sp³-hybridized carbons (Fsp3) is 0.348. The molecule has 0 atom stereocenters. The van der Waals surface area contributed by atoms with Crippen LogP contribution in [0, 0.1) is 0 Å². The van der Waals surface area contributed by atoms with Crippen molar-refractivity contribution in [3.05, 3.63) is 48.0 Å². The highest BCUT2D eigenvalue weighted by Crippen LogP contribution is 2.41. The molecule has 28 heavy (non-hydrogen) atoms. The molecular formula is C23H26O4S. The van der Waals surface area contributed by atoms with Crippen LogP contribution in [0.15, 0.2) is 42.5 Å². The van der Waals surface area contributed by atoms with Gasteiger partial charge in [-0.05, 0) is 78.2 Å². The molecule has 2 aromatic carbocycles. The van der Waals surface area contributed by atoms with Crippen molar-refractivity contribution in [2.24, 2.45) is 0 Å². The third-order valence-electron chi connectivity index (χ3n) is 4.97. The van der Waals surface area contributed by atoms with Gasteiger partial charge in [0.15, 0.2) is 0 Å². The normalized spacial score (nSPS) is 11.1. The number of carboxylic acids is 1. The zero-order valence-corrected chi connectivity index (χ0v) is 16.7. The Balaban J connectivity index is 1.66. The van der Waals surface area contributed by atoms with Gasteiger partial charge < -0.3 is 15.3 Å². The molecule has 0 saturated heterocycles. The molecule has 0 saturated carbocycles. The number of carbonyl (C=O) groups is 1. The number of rotatable bonds is 10. The fourth-order valence-electron chi connectivity index (χ4n) is 3.52. The molecule has 0 aliphatic heterocycles. The second-order valence-electron chi connectivity index (χ2n) is 7.15. The number of unbranched alkanes of at least 4 members (excludes halogenated alkanes) is 5. The second kappa shape index (κ2) is 9.60. The van der Waals surface area contributed by atoms with E-state index in [9.17, 15) is 15.0 Å². The molecule has 1 aromatic heterocycles. The molecule has 3 N–H and O–H groups in total. The van der Waals surface area contributed by atoms with Crippen LogP contribution in [0.1, 0.15) is 50.5 Å². The smallest absolute Gasteiger partial charge is 0.303 e. The predicted octanol–water partition coefficient (Wildman–Crippen LogP) is 6.34. The van der Waals surface area contributed by atoms with Crippen molar-refractivity contribution in [2.45, 2.75) is 51.4 Å². The van der Waals surface area contributed by atoms with Gasteiger partial charge in [0.1, 0.15) is 11.5 Å². The summed E-state index contributed by atoms with van der Waals surface area (Å²) in [6.07, 6.45) is 7.38. The standard InChI is InChI=1S/C23H26O4S/c24-17-11-9-16(10-12-17)23-20(19-14-13-18(25)15-21(19)28-23)7-5-3-1-2-4-6-8-22(26)27/h9-15,24-25H,1-8H2,(H,26,27). The first kappa shape index (κ1) is 20.2. The predicted molar refractivity (Wildman–Crippen MR) is 114 cm³/mol. The number of benzene rings is 2. The summed E-state index contributed by atoms with van der Waals surface area (Å²) in [6, 6.07) is 12.8. The lowest BCUT2D eigenvalue weighted by molar-refractivity contribution is -0.137. The number of aryl methyl sites for hydroxylation is 1. The molecule has 0 bridgehead atoms. The maximum atomic E-state index is 10.5. The first-order chi connectivity index (χ1) is 13.5. The average Bonchev–Trinajstić information content (AvgIpc) is 3.01. The number of aromatic hydroxyl groups is 2. The molecule has 0 spiro atoms. The summed E-state index contributed by atoms with van der Waals surface area (Å²) < 4.78 is 1.08. The average molecular weight is 399 g/mol. The van der Waals surface area contributed by atoms with E-state index in [1.807, 2.05) is 24.3 Å². The lowest BCUT2D eigenvalue weighted by Gasteiger charge is -2.06. The van der Waals surface area contributed by atoms with Gasteiger partial charge in [-0.2, -0.15) is 0 Å². The largest absolute Gasteiger partial charge is 0.508 e. The van der Waals surface area contributed by atoms with E-state index in [-0.39, 0.29) is 17.9 Å². The molecule has 148 valence electrons. The highest BCUT2D eigenvalue weighted by molar-refractivity contribution is 7.22. The van der Waals surface area contributed by atoms with Gasteiger partial charge in [0.25, 0.3) is 0 Å². The maximum Gasteiger partial charge on any atom is 0.303 e. The maximum absolute atomic E-state index is 10.5. The number of carboxylic acid groups (broad SMARTS) is 1. The molecule has 1 heterocycles. The van der Waals surface area contributed by atoms with Gasteiger partial charge in [-0.25, -0.2) is 0 Å². The quantitative estimate of drug-likeness (QED) is 0.348. The first-order valence-electron chi connectivity index (χ1n) is 9.80.